The van der Waals surface area contributed by atoms with Crippen LogP contribution in [0.15, 0.2) is 65.1 Å². The van der Waals surface area contributed by atoms with Crippen LogP contribution in [0.1, 0.15) is 39.0 Å². The Balaban J connectivity index is 1.86. The monoisotopic (exact) mass is 462 g/mol. The predicted octanol–water partition coefficient (Wildman–Crippen LogP) is 2.93. The second-order valence-electron chi connectivity index (χ2n) is 8.27. The molecule has 0 radical (unpaired) electrons. The molecule has 1 aliphatic carbocycles. The lowest BCUT2D eigenvalue weighted by Crippen LogP contribution is -2.40. The average Bonchev–Trinajstić information content (AvgIpc) is 2.84. The van der Waals surface area contributed by atoms with E-state index in [0.717, 1.165) is 32.1 Å². The first-order chi connectivity index (χ1) is 16.4. The number of Topliss-reactive ketones (excluding diaryl/α,β-unsaturated/α-hetero) is 1. The topological polar surface area (TPSA) is 115 Å². The fourth-order valence-corrected chi connectivity index (χ4v) is 3.80. The molecule has 0 saturated heterocycles. The quantitative estimate of drug-likeness (QED) is 0.312. The van der Waals surface area contributed by atoms with E-state index in [9.17, 15) is 19.2 Å². The second-order valence-corrected chi connectivity index (χ2v) is 8.27. The number of ketones is 2. The number of hydrogen-bond donors (Lipinski definition) is 1. The molecule has 1 aliphatic rings. The van der Waals surface area contributed by atoms with Gasteiger partial charge in [0.1, 0.15) is 18.1 Å². The lowest BCUT2D eigenvalue weighted by atomic mass is 10.0. The summed E-state index contributed by atoms with van der Waals surface area (Å²) in [6.07, 6.45) is 10.6. The van der Waals surface area contributed by atoms with Gasteiger partial charge in [-0.2, -0.15) is 0 Å². The van der Waals surface area contributed by atoms with Crippen molar-refractivity contribution in [3.8, 4) is 11.4 Å². The molecule has 1 aromatic carbocycles. The maximum Gasteiger partial charge on any atom is 0.277 e. The number of carbonyl (C=O) groups excluding carboxylic acids is 3. The van der Waals surface area contributed by atoms with E-state index in [1.165, 1.54) is 27.8 Å². The molecule has 3 rings (SSSR count). The van der Waals surface area contributed by atoms with Crippen molar-refractivity contribution in [1.82, 2.24) is 14.5 Å². The average molecular weight is 463 g/mol. The zero-order valence-electron chi connectivity index (χ0n) is 19.4. The summed E-state index contributed by atoms with van der Waals surface area (Å²) < 4.78 is 1.26. The van der Waals surface area contributed by atoms with Gasteiger partial charge in [-0.05, 0) is 12.5 Å². The molecule has 8 nitrogen and oxygen atoms in total. The fraction of sp³-hybridized carbons (Fsp3) is 0.346. The maximum atomic E-state index is 13.4. The van der Waals surface area contributed by atoms with Crippen LogP contribution in [0, 0.1) is 0 Å². The molecule has 0 saturated carbocycles. The third kappa shape index (κ3) is 6.15. The number of nitrogens with two attached hydrogens (primary N) is 1. The number of allylic oxidation sites excluding steroid dienone is 3. The zero-order valence-corrected chi connectivity index (χ0v) is 19.4. The van der Waals surface area contributed by atoms with Crippen molar-refractivity contribution >= 4 is 23.2 Å². The van der Waals surface area contributed by atoms with Crippen LogP contribution in [0.4, 0.5) is 5.69 Å². The molecule has 0 unspecified atom stereocenters. The van der Waals surface area contributed by atoms with Crippen LogP contribution in [0.5, 0.6) is 0 Å². The Kier molecular flexibility index (Phi) is 8.67. The zero-order chi connectivity index (χ0) is 24.5. The first-order valence-electron chi connectivity index (χ1n) is 11.6. The van der Waals surface area contributed by atoms with Crippen LogP contribution in [0.25, 0.3) is 11.4 Å². The smallest absolute Gasteiger partial charge is 0.277 e. The number of aromatic nitrogens is 2. The Hall–Kier alpha value is -3.81. The number of rotatable bonds is 11. The summed E-state index contributed by atoms with van der Waals surface area (Å²) in [5.41, 5.74) is 6.19. The van der Waals surface area contributed by atoms with E-state index in [4.69, 9.17) is 5.73 Å². The van der Waals surface area contributed by atoms with Crippen molar-refractivity contribution in [2.24, 2.45) is 0 Å². The number of amides is 1. The third-order valence-electron chi connectivity index (χ3n) is 5.71. The standard InChI is InChI=1S/C26H30N4O4/c1-2-3-4-5-9-15-29(17-20-13-10-14-22(31)24(20)33)23(32)18-30-25(19-11-7-6-8-12-19)28-16-21(27)26(30)34/h6-8,10-14,16H,2-5,9,15,17-18,27H2,1H3. The minimum absolute atomic E-state index is 0.00664. The van der Waals surface area contributed by atoms with Crippen LogP contribution in [0.2, 0.25) is 0 Å². The second kappa shape index (κ2) is 11.9. The normalized spacial score (nSPS) is 13.1. The number of carbonyl (C=O) groups is 3. The summed E-state index contributed by atoms with van der Waals surface area (Å²) in [5, 5.41) is 0. The summed E-state index contributed by atoms with van der Waals surface area (Å²) in [7, 11) is 0. The Labute approximate surface area is 198 Å². The molecule has 1 amide bonds. The molecule has 0 fully saturated rings. The number of hydrogen-bond acceptors (Lipinski definition) is 6. The molecule has 0 atom stereocenters. The van der Waals surface area contributed by atoms with Gasteiger partial charge in [-0.3, -0.25) is 23.7 Å². The van der Waals surface area contributed by atoms with Gasteiger partial charge < -0.3 is 10.6 Å². The maximum absolute atomic E-state index is 13.4. The summed E-state index contributed by atoms with van der Waals surface area (Å²) in [5.74, 6) is -1.23. The summed E-state index contributed by atoms with van der Waals surface area (Å²) >= 11 is 0. The number of nitrogens with zero attached hydrogens (tertiary/aromatic N) is 3. The Bertz CT molecular complexity index is 1170. The number of benzene rings is 1. The van der Waals surface area contributed by atoms with E-state index >= 15 is 0 Å². The Morgan fingerprint density at radius 3 is 2.53 bits per heavy atom. The fourth-order valence-electron chi connectivity index (χ4n) is 3.80. The van der Waals surface area contributed by atoms with Gasteiger partial charge in [0, 0.05) is 24.2 Å². The van der Waals surface area contributed by atoms with Gasteiger partial charge in [0.2, 0.25) is 17.5 Å². The van der Waals surface area contributed by atoms with Crippen LogP contribution in [0.3, 0.4) is 0 Å². The highest BCUT2D eigenvalue weighted by molar-refractivity contribution is 6.48. The Morgan fingerprint density at radius 1 is 1.06 bits per heavy atom. The lowest BCUT2D eigenvalue weighted by molar-refractivity contribution is -0.133. The highest BCUT2D eigenvalue weighted by Crippen LogP contribution is 2.17. The van der Waals surface area contributed by atoms with Gasteiger partial charge in [-0.1, -0.05) is 75.1 Å². The van der Waals surface area contributed by atoms with Crippen LogP contribution < -0.4 is 11.3 Å². The van der Waals surface area contributed by atoms with E-state index in [0.29, 0.717) is 17.9 Å². The molecule has 0 aliphatic heterocycles. The highest BCUT2D eigenvalue weighted by atomic mass is 16.2. The van der Waals surface area contributed by atoms with Gasteiger partial charge in [0.25, 0.3) is 5.56 Å². The van der Waals surface area contributed by atoms with Crippen LogP contribution in [-0.4, -0.2) is 45.0 Å². The molecular weight excluding hydrogens is 432 g/mol. The van der Waals surface area contributed by atoms with Gasteiger partial charge in [-0.25, -0.2) is 4.98 Å². The summed E-state index contributed by atoms with van der Waals surface area (Å²) in [6.45, 7) is 2.27. The molecule has 8 heteroatoms. The molecule has 1 heterocycles. The molecule has 1 aromatic heterocycles. The van der Waals surface area contributed by atoms with Crippen LogP contribution >= 0.6 is 0 Å². The third-order valence-corrected chi connectivity index (χ3v) is 5.71. The van der Waals surface area contributed by atoms with Gasteiger partial charge in [0.05, 0.1) is 6.20 Å². The number of nitrogen functional groups attached to an aromatic ring is 1. The Morgan fingerprint density at radius 2 is 1.79 bits per heavy atom. The SMILES string of the molecule is CCCCCCCN(CC1=CC=CC(=O)C1=O)C(=O)Cn1c(-c2ccccc2)ncc(N)c1=O. The minimum atomic E-state index is -0.612. The largest absolute Gasteiger partial charge is 0.393 e. The van der Waals surface area contributed by atoms with Crippen LogP contribution in [-0.2, 0) is 20.9 Å². The molecule has 0 spiro atoms. The first-order valence-corrected chi connectivity index (χ1v) is 11.6. The van der Waals surface area contributed by atoms with E-state index in [1.807, 2.05) is 18.2 Å². The first kappa shape index (κ1) is 24.8. The molecule has 178 valence electrons. The van der Waals surface area contributed by atoms with Crippen molar-refractivity contribution < 1.29 is 14.4 Å². The minimum Gasteiger partial charge on any atom is -0.393 e. The lowest BCUT2D eigenvalue weighted by Gasteiger charge is -2.25. The van der Waals surface area contributed by atoms with Gasteiger partial charge in [-0.15, -0.1) is 0 Å². The molecular formula is C26H30N4O4. The molecule has 0 bridgehead atoms. The van der Waals surface area contributed by atoms with Crippen molar-refractivity contribution in [3.63, 3.8) is 0 Å². The van der Waals surface area contributed by atoms with Crippen molar-refractivity contribution in [2.45, 2.75) is 45.6 Å². The molecule has 2 aromatic rings. The predicted molar refractivity (Wildman–Crippen MR) is 131 cm³/mol. The van der Waals surface area contributed by atoms with Gasteiger partial charge >= 0.3 is 0 Å². The number of anilines is 1. The van der Waals surface area contributed by atoms with Crippen molar-refractivity contribution in [1.29, 1.82) is 0 Å². The van der Waals surface area contributed by atoms with E-state index in [-0.39, 0.29) is 30.3 Å². The van der Waals surface area contributed by atoms with Crippen molar-refractivity contribution in [3.05, 3.63) is 70.7 Å². The van der Waals surface area contributed by atoms with E-state index < -0.39 is 17.1 Å². The molecule has 34 heavy (non-hydrogen) atoms. The van der Waals surface area contributed by atoms with Crippen molar-refractivity contribution in [2.75, 3.05) is 18.8 Å². The van der Waals surface area contributed by atoms with E-state index in [1.54, 1.807) is 18.2 Å². The molecule has 2 N–H and O–H groups in total. The summed E-state index contributed by atoms with van der Waals surface area (Å²) in [6, 6.07) is 9.08. The van der Waals surface area contributed by atoms with E-state index in [2.05, 4.69) is 11.9 Å². The summed E-state index contributed by atoms with van der Waals surface area (Å²) in [4.78, 5) is 56.2. The number of unbranched alkanes of at least 4 members (excludes halogenated alkanes) is 4. The highest BCUT2D eigenvalue weighted by Gasteiger charge is 2.24. The van der Waals surface area contributed by atoms with Gasteiger partial charge in [0.15, 0.2) is 0 Å².